The summed E-state index contributed by atoms with van der Waals surface area (Å²) >= 11 is 9.44. The van der Waals surface area contributed by atoms with E-state index in [1.54, 1.807) is 0 Å². The van der Waals surface area contributed by atoms with Crippen molar-refractivity contribution in [3.63, 3.8) is 0 Å². The predicted molar refractivity (Wildman–Crippen MR) is 73.4 cm³/mol. The van der Waals surface area contributed by atoms with Crippen molar-refractivity contribution in [3.8, 4) is 0 Å². The molecule has 0 fully saturated rings. The lowest BCUT2D eigenvalue weighted by atomic mass is 10.3. The van der Waals surface area contributed by atoms with Crippen LogP contribution in [0.2, 0.25) is 5.02 Å². The maximum Gasteiger partial charge on any atom is 0.0639 e. The summed E-state index contributed by atoms with van der Waals surface area (Å²) in [6.45, 7) is 4.48. The van der Waals surface area contributed by atoms with Crippen molar-refractivity contribution >= 4 is 33.2 Å². The fourth-order valence-electron chi connectivity index (χ4n) is 1.24. The average Bonchev–Trinajstić information content (AvgIpc) is 2.28. The first kappa shape index (κ1) is 13.8. The number of hydrogen-bond donors (Lipinski definition) is 1. The number of benzene rings is 1. The largest absolute Gasteiger partial charge is 0.381 e. The third-order valence-corrected chi connectivity index (χ3v) is 2.96. The zero-order chi connectivity index (χ0) is 11.8. The minimum absolute atomic E-state index is 0.711. The van der Waals surface area contributed by atoms with Crippen LogP contribution in [0.4, 0.5) is 5.69 Å². The molecule has 1 rings (SSSR count). The molecule has 0 aliphatic rings. The molecule has 0 bridgehead atoms. The van der Waals surface area contributed by atoms with E-state index in [4.69, 9.17) is 16.3 Å². The Balaban J connectivity index is 2.23. The van der Waals surface area contributed by atoms with Crippen LogP contribution in [0.3, 0.4) is 0 Å². The van der Waals surface area contributed by atoms with E-state index in [1.807, 2.05) is 18.2 Å². The molecule has 0 atom stereocenters. The van der Waals surface area contributed by atoms with Gasteiger partial charge in [0.2, 0.25) is 0 Å². The average molecular weight is 307 g/mol. The van der Waals surface area contributed by atoms with Crippen LogP contribution in [0.5, 0.6) is 0 Å². The van der Waals surface area contributed by atoms with Crippen molar-refractivity contribution in [2.24, 2.45) is 0 Å². The van der Waals surface area contributed by atoms with Crippen LogP contribution in [0, 0.1) is 0 Å². The van der Waals surface area contributed by atoms with Crippen molar-refractivity contribution < 1.29 is 4.74 Å². The van der Waals surface area contributed by atoms with E-state index in [1.165, 1.54) is 6.42 Å². The topological polar surface area (TPSA) is 21.3 Å². The highest BCUT2D eigenvalue weighted by Crippen LogP contribution is 2.25. The van der Waals surface area contributed by atoms with Gasteiger partial charge < -0.3 is 10.1 Å². The number of nitrogens with one attached hydrogen (secondary N) is 1. The maximum absolute atomic E-state index is 6.03. The zero-order valence-electron chi connectivity index (χ0n) is 9.43. The van der Waals surface area contributed by atoms with Crippen LogP contribution in [0.25, 0.3) is 0 Å². The normalized spacial score (nSPS) is 10.4. The molecular formula is C12H17BrClNO. The first-order chi connectivity index (χ1) is 7.74. The molecule has 0 spiro atoms. The van der Waals surface area contributed by atoms with Gasteiger partial charge in [-0.2, -0.15) is 0 Å². The van der Waals surface area contributed by atoms with Crippen LogP contribution in [0.15, 0.2) is 22.7 Å². The van der Waals surface area contributed by atoms with Gasteiger partial charge in [-0.1, -0.05) is 40.9 Å². The van der Waals surface area contributed by atoms with E-state index in [0.29, 0.717) is 6.61 Å². The Morgan fingerprint density at radius 3 is 2.94 bits per heavy atom. The smallest absolute Gasteiger partial charge is 0.0639 e. The molecule has 0 heterocycles. The van der Waals surface area contributed by atoms with Gasteiger partial charge >= 0.3 is 0 Å². The molecule has 2 nitrogen and oxygen atoms in total. The summed E-state index contributed by atoms with van der Waals surface area (Å²) in [6.07, 6.45) is 2.29. The molecular weight excluding hydrogens is 289 g/mol. The van der Waals surface area contributed by atoms with Crippen LogP contribution < -0.4 is 5.32 Å². The van der Waals surface area contributed by atoms with Crippen molar-refractivity contribution in [2.45, 2.75) is 19.8 Å². The summed E-state index contributed by atoms with van der Waals surface area (Å²) in [6, 6.07) is 5.76. The monoisotopic (exact) mass is 305 g/mol. The van der Waals surface area contributed by atoms with Crippen LogP contribution in [-0.2, 0) is 4.74 Å². The lowest BCUT2D eigenvalue weighted by Gasteiger charge is -2.09. The summed E-state index contributed by atoms with van der Waals surface area (Å²) in [5.41, 5.74) is 0.940. The first-order valence-electron chi connectivity index (χ1n) is 5.50. The van der Waals surface area contributed by atoms with Crippen molar-refractivity contribution in [2.75, 3.05) is 25.1 Å². The highest BCUT2D eigenvalue weighted by Gasteiger charge is 1.99. The van der Waals surface area contributed by atoms with Gasteiger partial charge in [0.1, 0.15) is 0 Å². The van der Waals surface area contributed by atoms with Gasteiger partial charge in [-0.05, 0) is 24.6 Å². The van der Waals surface area contributed by atoms with Crippen LogP contribution >= 0.6 is 27.5 Å². The van der Waals surface area contributed by atoms with Crippen molar-refractivity contribution in [1.29, 1.82) is 0 Å². The highest BCUT2D eigenvalue weighted by atomic mass is 79.9. The van der Waals surface area contributed by atoms with Crippen molar-refractivity contribution in [1.82, 2.24) is 0 Å². The standard InChI is InChI=1S/C12H17BrClNO/c1-2-3-7-16-8-6-15-12-9-10(13)4-5-11(12)14/h4-5,9,15H,2-3,6-8H2,1H3. The summed E-state index contributed by atoms with van der Waals surface area (Å²) < 4.78 is 6.47. The second-order valence-corrected chi connectivity index (χ2v) is 4.84. The second-order valence-electron chi connectivity index (χ2n) is 3.52. The summed E-state index contributed by atoms with van der Waals surface area (Å²) in [4.78, 5) is 0. The minimum Gasteiger partial charge on any atom is -0.381 e. The highest BCUT2D eigenvalue weighted by molar-refractivity contribution is 9.10. The molecule has 0 amide bonds. The van der Waals surface area contributed by atoms with Crippen molar-refractivity contribution in [3.05, 3.63) is 27.7 Å². The van der Waals surface area contributed by atoms with E-state index < -0.39 is 0 Å². The molecule has 1 N–H and O–H groups in total. The van der Waals surface area contributed by atoms with E-state index in [0.717, 1.165) is 34.8 Å². The fraction of sp³-hybridized carbons (Fsp3) is 0.500. The van der Waals surface area contributed by atoms with E-state index >= 15 is 0 Å². The number of anilines is 1. The lowest BCUT2D eigenvalue weighted by molar-refractivity contribution is 0.141. The number of unbranched alkanes of at least 4 members (excludes halogenated alkanes) is 1. The number of hydrogen-bond acceptors (Lipinski definition) is 2. The van der Waals surface area contributed by atoms with Gasteiger partial charge in [-0.25, -0.2) is 0 Å². The third kappa shape index (κ3) is 5.19. The van der Waals surface area contributed by atoms with E-state index in [9.17, 15) is 0 Å². The molecule has 1 aromatic rings. The molecule has 0 aliphatic carbocycles. The van der Waals surface area contributed by atoms with Gasteiger partial charge in [0, 0.05) is 17.6 Å². The van der Waals surface area contributed by atoms with Gasteiger partial charge in [-0.15, -0.1) is 0 Å². The SMILES string of the molecule is CCCCOCCNc1cc(Br)ccc1Cl. The number of halogens is 2. The molecule has 0 unspecified atom stereocenters. The van der Waals surface area contributed by atoms with Crippen LogP contribution in [-0.4, -0.2) is 19.8 Å². The predicted octanol–water partition coefficient (Wildman–Crippen LogP) is 4.33. The quantitative estimate of drug-likeness (QED) is 0.757. The minimum atomic E-state index is 0.711. The Bertz CT molecular complexity index is 320. The molecule has 4 heteroatoms. The fourth-order valence-corrected chi connectivity index (χ4v) is 1.78. The Hall–Kier alpha value is -0.250. The summed E-state index contributed by atoms with van der Waals surface area (Å²) in [7, 11) is 0. The van der Waals surface area contributed by atoms with Crippen LogP contribution in [0.1, 0.15) is 19.8 Å². The Labute approximate surface area is 110 Å². The number of ether oxygens (including phenoxy) is 1. The maximum atomic E-state index is 6.03. The molecule has 0 aromatic heterocycles. The first-order valence-corrected chi connectivity index (χ1v) is 6.67. The van der Waals surface area contributed by atoms with Gasteiger partial charge in [0.05, 0.1) is 17.3 Å². The molecule has 0 saturated carbocycles. The second kappa shape index (κ2) is 7.93. The molecule has 0 radical (unpaired) electrons. The lowest BCUT2D eigenvalue weighted by Crippen LogP contribution is -2.10. The third-order valence-electron chi connectivity index (χ3n) is 2.13. The Kier molecular flexibility index (Phi) is 6.85. The molecule has 0 aliphatic heterocycles. The Morgan fingerprint density at radius 1 is 1.38 bits per heavy atom. The molecule has 0 saturated heterocycles. The van der Waals surface area contributed by atoms with Gasteiger partial charge in [-0.3, -0.25) is 0 Å². The van der Waals surface area contributed by atoms with E-state index in [-0.39, 0.29) is 0 Å². The van der Waals surface area contributed by atoms with Gasteiger partial charge in [0.25, 0.3) is 0 Å². The van der Waals surface area contributed by atoms with E-state index in [2.05, 4.69) is 28.2 Å². The molecule has 1 aromatic carbocycles. The Morgan fingerprint density at radius 2 is 2.19 bits per heavy atom. The molecule has 16 heavy (non-hydrogen) atoms. The molecule has 90 valence electrons. The number of rotatable bonds is 7. The van der Waals surface area contributed by atoms with Gasteiger partial charge in [0.15, 0.2) is 0 Å². The zero-order valence-corrected chi connectivity index (χ0v) is 11.8. The summed E-state index contributed by atoms with van der Waals surface area (Å²) in [5.74, 6) is 0. The summed E-state index contributed by atoms with van der Waals surface area (Å²) in [5, 5.41) is 3.98.